The van der Waals surface area contributed by atoms with Crippen LogP contribution in [0.2, 0.25) is 0 Å². The summed E-state index contributed by atoms with van der Waals surface area (Å²) in [5.74, 6) is -0.464. The third-order valence-corrected chi connectivity index (χ3v) is 5.03. The first-order chi connectivity index (χ1) is 10.9. The number of nitrogens with one attached hydrogen (secondary N) is 1. The Labute approximate surface area is 136 Å². The molecular weight excluding hydrogens is 317 g/mol. The molecule has 0 bridgehead atoms. The minimum Gasteiger partial charge on any atom is -0.387 e. The molecule has 0 saturated carbocycles. The fraction of sp³-hybridized carbons (Fsp3) is 0.294. The van der Waals surface area contributed by atoms with Gasteiger partial charge >= 0.3 is 0 Å². The van der Waals surface area contributed by atoms with Gasteiger partial charge in [0.2, 0.25) is 10.0 Å². The second-order valence-electron chi connectivity index (χ2n) is 5.46. The molecule has 2 aromatic carbocycles. The third-order valence-electron chi connectivity index (χ3n) is 3.55. The fourth-order valence-corrected chi connectivity index (χ4v) is 3.57. The Morgan fingerprint density at radius 1 is 1.09 bits per heavy atom. The van der Waals surface area contributed by atoms with Crippen LogP contribution in [0.3, 0.4) is 0 Å². The van der Waals surface area contributed by atoms with E-state index in [9.17, 15) is 17.9 Å². The lowest BCUT2D eigenvalue weighted by Crippen LogP contribution is -2.38. The highest BCUT2D eigenvalue weighted by Gasteiger charge is 2.22. The Bertz CT molecular complexity index is 717. The van der Waals surface area contributed by atoms with Crippen LogP contribution >= 0.6 is 0 Å². The van der Waals surface area contributed by atoms with Gasteiger partial charge in [0.1, 0.15) is 5.82 Å². The maximum atomic E-state index is 12.9. The van der Waals surface area contributed by atoms with E-state index >= 15 is 0 Å². The first-order valence-corrected chi connectivity index (χ1v) is 9.00. The Morgan fingerprint density at radius 2 is 1.70 bits per heavy atom. The van der Waals surface area contributed by atoms with Gasteiger partial charge in [0.25, 0.3) is 0 Å². The van der Waals surface area contributed by atoms with Gasteiger partial charge < -0.3 is 5.11 Å². The maximum Gasteiger partial charge on any atom is 0.212 e. The van der Waals surface area contributed by atoms with Crippen molar-refractivity contribution in [1.29, 1.82) is 0 Å². The summed E-state index contributed by atoms with van der Waals surface area (Å²) in [5, 5.41) is 10.2. The molecule has 0 aromatic heterocycles. The Balaban J connectivity index is 1.94. The average molecular weight is 337 g/mol. The number of halogens is 1. The summed E-state index contributed by atoms with van der Waals surface area (Å²) in [7, 11) is -3.52. The van der Waals surface area contributed by atoms with Gasteiger partial charge in [-0.05, 0) is 36.6 Å². The lowest BCUT2D eigenvalue weighted by atomic mass is 10.0. The number of aliphatic hydroxyl groups excluding tert-OH is 1. The predicted octanol–water partition coefficient (Wildman–Crippen LogP) is 2.41. The average Bonchev–Trinajstić information content (AvgIpc) is 2.54. The van der Waals surface area contributed by atoms with Crippen molar-refractivity contribution in [3.63, 3.8) is 0 Å². The molecule has 2 atom stereocenters. The highest BCUT2D eigenvalue weighted by Crippen LogP contribution is 2.17. The summed E-state index contributed by atoms with van der Waals surface area (Å²) in [6.45, 7) is 1.58. The summed E-state index contributed by atoms with van der Waals surface area (Å²) in [6, 6.07) is 14.0. The molecule has 2 rings (SSSR count). The highest BCUT2D eigenvalue weighted by molar-refractivity contribution is 7.89. The molecule has 6 heteroatoms. The van der Waals surface area contributed by atoms with Crippen molar-refractivity contribution in [3.8, 4) is 0 Å². The molecule has 0 heterocycles. The van der Waals surface area contributed by atoms with Crippen LogP contribution in [0.4, 0.5) is 4.39 Å². The van der Waals surface area contributed by atoms with E-state index in [1.807, 2.05) is 30.3 Å². The normalized spacial score (nSPS) is 14.4. The number of sulfonamides is 1. The van der Waals surface area contributed by atoms with Gasteiger partial charge in [-0.25, -0.2) is 17.5 Å². The molecule has 0 fully saturated rings. The molecule has 0 aliphatic carbocycles. The molecule has 2 aromatic rings. The van der Waals surface area contributed by atoms with Gasteiger partial charge in [0, 0.05) is 6.04 Å². The molecule has 0 spiro atoms. The number of hydrogen-bond donors (Lipinski definition) is 2. The van der Waals surface area contributed by atoms with E-state index in [2.05, 4.69) is 4.72 Å². The number of benzene rings is 2. The van der Waals surface area contributed by atoms with Crippen LogP contribution in [-0.4, -0.2) is 25.3 Å². The van der Waals surface area contributed by atoms with Gasteiger partial charge in [0.05, 0.1) is 11.9 Å². The minimum absolute atomic E-state index is 0.0580. The largest absolute Gasteiger partial charge is 0.387 e. The van der Waals surface area contributed by atoms with E-state index in [0.29, 0.717) is 12.0 Å². The van der Waals surface area contributed by atoms with Crippen LogP contribution < -0.4 is 4.72 Å². The van der Waals surface area contributed by atoms with E-state index in [1.165, 1.54) is 24.3 Å². The van der Waals surface area contributed by atoms with Crippen molar-refractivity contribution < 1.29 is 17.9 Å². The van der Waals surface area contributed by atoms with Crippen LogP contribution in [-0.2, 0) is 16.4 Å². The van der Waals surface area contributed by atoms with Crippen LogP contribution in [0.25, 0.3) is 0 Å². The van der Waals surface area contributed by atoms with E-state index in [4.69, 9.17) is 0 Å². The number of rotatable bonds is 7. The Morgan fingerprint density at radius 3 is 2.30 bits per heavy atom. The first-order valence-electron chi connectivity index (χ1n) is 7.35. The monoisotopic (exact) mass is 337 g/mol. The van der Waals surface area contributed by atoms with E-state index < -0.39 is 28.0 Å². The molecule has 4 nitrogen and oxygen atoms in total. The molecule has 2 N–H and O–H groups in total. The molecule has 0 saturated heterocycles. The summed E-state index contributed by atoms with van der Waals surface area (Å²) in [5.41, 5.74) is 1.40. The van der Waals surface area contributed by atoms with Crippen LogP contribution in [0, 0.1) is 5.82 Å². The predicted molar refractivity (Wildman–Crippen MR) is 87.9 cm³/mol. The number of aliphatic hydroxyl groups is 1. The van der Waals surface area contributed by atoms with Crippen LogP contribution in [0.15, 0.2) is 54.6 Å². The van der Waals surface area contributed by atoms with Gasteiger partial charge in [-0.3, -0.25) is 0 Å². The van der Waals surface area contributed by atoms with Crippen molar-refractivity contribution in [2.45, 2.75) is 25.5 Å². The van der Waals surface area contributed by atoms with Gasteiger partial charge in [0.15, 0.2) is 0 Å². The molecule has 0 amide bonds. The van der Waals surface area contributed by atoms with Gasteiger partial charge in [-0.2, -0.15) is 0 Å². The smallest absolute Gasteiger partial charge is 0.212 e. The lowest BCUT2D eigenvalue weighted by molar-refractivity contribution is 0.146. The van der Waals surface area contributed by atoms with Crippen molar-refractivity contribution in [2.75, 3.05) is 5.75 Å². The Kier molecular flexibility index (Phi) is 5.87. The van der Waals surface area contributed by atoms with E-state index in [1.54, 1.807) is 6.92 Å². The first kappa shape index (κ1) is 17.6. The molecule has 0 radical (unpaired) electrons. The molecule has 124 valence electrons. The minimum atomic E-state index is -3.52. The SMILES string of the molecule is CC(NS(=O)(=O)CCc1ccccc1)C(O)c1ccc(F)cc1. The van der Waals surface area contributed by atoms with Crippen LogP contribution in [0.5, 0.6) is 0 Å². The van der Waals surface area contributed by atoms with E-state index in [0.717, 1.165) is 5.56 Å². The second kappa shape index (κ2) is 7.68. The quantitative estimate of drug-likeness (QED) is 0.815. The third kappa shape index (κ3) is 5.42. The molecule has 2 unspecified atom stereocenters. The molecule has 23 heavy (non-hydrogen) atoms. The number of aryl methyl sites for hydroxylation is 1. The summed E-state index contributed by atoms with van der Waals surface area (Å²) < 4.78 is 39.6. The summed E-state index contributed by atoms with van der Waals surface area (Å²) in [4.78, 5) is 0. The van der Waals surface area contributed by atoms with Gasteiger partial charge in [-0.1, -0.05) is 42.5 Å². The van der Waals surface area contributed by atoms with E-state index in [-0.39, 0.29) is 5.75 Å². The standard InChI is InChI=1S/C17H20FNO3S/c1-13(17(20)15-7-9-16(18)10-8-15)19-23(21,22)12-11-14-5-3-2-4-6-14/h2-10,13,17,19-20H,11-12H2,1H3. The summed E-state index contributed by atoms with van der Waals surface area (Å²) >= 11 is 0. The Hall–Kier alpha value is -1.76. The molecular formula is C17H20FNO3S. The van der Waals surface area contributed by atoms with Gasteiger partial charge in [-0.15, -0.1) is 0 Å². The second-order valence-corrected chi connectivity index (χ2v) is 7.33. The van der Waals surface area contributed by atoms with Crippen molar-refractivity contribution >= 4 is 10.0 Å². The zero-order valence-corrected chi connectivity index (χ0v) is 13.6. The zero-order chi connectivity index (χ0) is 16.9. The summed E-state index contributed by atoms with van der Waals surface area (Å²) in [6.07, 6.45) is -0.641. The topological polar surface area (TPSA) is 66.4 Å². The fourth-order valence-electron chi connectivity index (χ4n) is 2.25. The molecule has 0 aliphatic rings. The zero-order valence-electron chi connectivity index (χ0n) is 12.8. The number of hydrogen-bond acceptors (Lipinski definition) is 3. The van der Waals surface area contributed by atoms with Crippen molar-refractivity contribution in [1.82, 2.24) is 4.72 Å². The highest BCUT2D eigenvalue weighted by atomic mass is 32.2. The van der Waals surface area contributed by atoms with Crippen molar-refractivity contribution in [3.05, 3.63) is 71.5 Å². The van der Waals surface area contributed by atoms with Crippen molar-refractivity contribution in [2.24, 2.45) is 0 Å². The van der Waals surface area contributed by atoms with Crippen LogP contribution in [0.1, 0.15) is 24.2 Å². The molecule has 0 aliphatic heterocycles. The maximum absolute atomic E-state index is 12.9. The lowest BCUT2D eigenvalue weighted by Gasteiger charge is -2.20.